The van der Waals surface area contributed by atoms with Crippen LogP contribution in [0.15, 0.2) is 10.9 Å². The smallest absolute Gasteiger partial charge is 0.258 e. The minimum atomic E-state index is -0.0739. The van der Waals surface area contributed by atoms with Crippen molar-refractivity contribution in [3.8, 4) is 10.6 Å². The summed E-state index contributed by atoms with van der Waals surface area (Å²) < 4.78 is 4.98. The van der Waals surface area contributed by atoms with Crippen molar-refractivity contribution in [3.63, 3.8) is 0 Å². The van der Waals surface area contributed by atoms with Gasteiger partial charge in [0.25, 0.3) is 5.56 Å². The van der Waals surface area contributed by atoms with Crippen LogP contribution in [0.1, 0.15) is 24.1 Å². The lowest BCUT2D eigenvalue weighted by atomic mass is 9.95. The Morgan fingerprint density at radius 2 is 2.24 bits per heavy atom. The molecular weight excluding hydrogens is 288 g/mol. The molecular formula is C14H18N4O2S. The predicted octanol–water partition coefficient (Wildman–Crippen LogP) is 1.83. The van der Waals surface area contributed by atoms with Crippen LogP contribution in [-0.4, -0.2) is 35.4 Å². The first kappa shape index (κ1) is 14.2. The first-order chi connectivity index (χ1) is 10.3. The summed E-state index contributed by atoms with van der Waals surface area (Å²) in [6, 6.07) is 1.98. The fourth-order valence-electron chi connectivity index (χ4n) is 2.50. The van der Waals surface area contributed by atoms with Gasteiger partial charge in [0.2, 0.25) is 5.13 Å². The zero-order valence-corrected chi connectivity index (χ0v) is 12.8. The van der Waals surface area contributed by atoms with Crippen LogP contribution in [0.3, 0.4) is 0 Å². The lowest BCUT2D eigenvalue weighted by Crippen LogP contribution is -2.16. The molecule has 0 unspecified atom stereocenters. The van der Waals surface area contributed by atoms with Crippen molar-refractivity contribution >= 4 is 16.5 Å². The summed E-state index contributed by atoms with van der Waals surface area (Å²) in [4.78, 5) is 15.2. The van der Waals surface area contributed by atoms with E-state index in [0.29, 0.717) is 28.9 Å². The zero-order chi connectivity index (χ0) is 14.7. The molecule has 2 aromatic heterocycles. The number of anilines is 1. The van der Waals surface area contributed by atoms with Crippen molar-refractivity contribution in [2.24, 2.45) is 0 Å². The first-order valence-electron chi connectivity index (χ1n) is 7.09. The van der Waals surface area contributed by atoms with Gasteiger partial charge in [0.15, 0.2) is 5.01 Å². The van der Waals surface area contributed by atoms with Gasteiger partial charge in [-0.15, -0.1) is 10.2 Å². The van der Waals surface area contributed by atoms with Crippen LogP contribution in [0.4, 0.5) is 5.13 Å². The average molecular weight is 306 g/mol. The van der Waals surface area contributed by atoms with Gasteiger partial charge in [-0.1, -0.05) is 11.3 Å². The van der Waals surface area contributed by atoms with E-state index in [1.54, 1.807) is 7.11 Å². The molecule has 2 aromatic rings. The Morgan fingerprint density at radius 3 is 3.10 bits per heavy atom. The third-order valence-electron chi connectivity index (χ3n) is 3.58. The highest BCUT2D eigenvalue weighted by molar-refractivity contribution is 7.18. The van der Waals surface area contributed by atoms with E-state index >= 15 is 0 Å². The monoisotopic (exact) mass is 306 g/mol. The lowest BCUT2D eigenvalue weighted by Gasteiger charge is -2.15. The van der Waals surface area contributed by atoms with E-state index in [0.717, 1.165) is 25.0 Å². The largest absolute Gasteiger partial charge is 0.383 e. The Kier molecular flexibility index (Phi) is 4.31. The highest BCUT2D eigenvalue weighted by Crippen LogP contribution is 2.27. The summed E-state index contributed by atoms with van der Waals surface area (Å²) in [6.07, 6.45) is 4.31. The first-order valence-corrected chi connectivity index (χ1v) is 7.91. The summed E-state index contributed by atoms with van der Waals surface area (Å²) in [5.41, 5.74) is 2.86. The number of fused-ring (bicyclic) bond motifs is 1. The Labute approximate surface area is 126 Å². The van der Waals surface area contributed by atoms with E-state index in [2.05, 4.69) is 20.5 Å². The fourth-order valence-corrected chi connectivity index (χ4v) is 3.28. The molecule has 2 N–H and O–H groups in total. The molecule has 0 fully saturated rings. The molecule has 1 aliphatic rings. The normalized spacial score (nSPS) is 14.0. The molecule has 112 valence electrons. The van der Waals surface area contributed by atoms with Crippen molar-refractivity contribution in [2.75, 3.05) is 25.6 Å². The van der Waals surface area contributed by atoms with Gasteiger partial charge in [-0.25, -0.2) is 0 Å². The molecule has 0 atom stereocenters. The quantitative estimate of drug-likeness (QED) is 0.824. The van der Waals surface area contributed by atoms with E-state index in [-0.39, 0.29) is 5.56 Å². The van der Waals surface area contributed by atoms with Gasteiger partial charge in [-0.3, -0.25) is 4.79 Å². The fraction of sp³-hybridized carbons (Fsp3) is 0.500. The molecule has 0 radical (unpaired) electrons. The number of aromatic nitrogens is 3. The van der Waals surface area contributed by atoms with Crippen molar-refractivity contribution in [3.05, 3.63) is 27.7 Å². The number of aryl methyl sites for hydroxylation is 2. The average Bonchev–Trinajstić information content (AvgIpc) is 2.95. The Hall–Kier alpha value is -1.73. The van der Waals surface area contributed by atoms with Gasteiger partial charge in [-0.05, 0) is 37.3 Å². The number of ether oxygens (including phenoxy) is 1. The summed E-state index contributed by atoms with van der Waals surface area (Å²) in [7, 11) is 1.65. The molecule has 3 rings (SSSR count). The molecule has 2 heterocycles. The zero-order valence-electron chi connectivity index (χ0n) is 11.9. The SMILES string of the molecule is COCCNc1nnc(-c2cc3c([nH]c2=O)CCCC3)s1. The molecule has 1 aliphatic carbocycles. The number of rotatable bonds is 5. The van der Waals surface area contributed by atoms with Crippen molar-refractivity contribution < 1.29 is 4.74 Å². The van der Waals surface area contributed by atoms with Crippen LogP contribution in [0.2, 0.25) is 0 Å². The van der Waals surface area contributed by atoms with Crippen molar-refractivity contribution in [1.82, 2.24) is 15.2 Å². The second kappa shape index (κ2) is 6.36. The molecule has 0 saturated heterocycles. The number of pyridine rings is 1. The van der Waals surface area contributed by atoms with E-state index < -0.39 is 0 Å². The topological polar surface area (TPSA) is 79.9 Å². The van der Waals surface area contributed by atoms with Gasteiger partial charge in [0, 0.05) is 19.3 Å². The predicted molar refractivity (Wildman–Crippen MR) is 83.0 cm³/mol. The van der Waals surface area contributed by atoms with Crippen LogP contribution in [0, 0.1) is 0 Å². The third-order valence-corrected chi connectivity index (χ3v) is 4.49. The van der Waals surface area contributed by atoms with Crippen LogP contribution in [-0.2, 0) is 17.6 Å². The summed E-state index contributed by atoms with van der Waals surface area (Å²) in [5, 5.41) is 12.7. The number of hydrogen-bond donors (Lipinski definition) is 2. The van der Waals surface area contributed by atoms with Gasteiger partial charge in [0.1, 0.15) is 0 Å². The maximum absolute atomic E-state index is 12.2. The number of nitrogens with one attached hydrogen (secondary N) is 2. The molecule has 0 saturated carbocycles. The molecule has 7 heteroatoms. The van der Waals surface area contributed by atoms with Gasteiger partial charge < -0.3 is 15.0 Å². The minimum Gasteiger partial charge on any atom is -0.383 e. The minimum absolute atomic E-state index is 0.0739. The number of H-pyrrole nitrogens is 1. The number of nitrogens with zero attached hydrogens (tertiary/aromatic N) is 2. The van der Waals surface area contributed by atoms with Gasteiger partial charge >= 0.3 is 0 Å². The standard InChI is InChI=1S/C14H18N4O2S/c1-20-7-6-15-14-18-17-13(21-14)10-8-9-4-2-3-5-11(9)16-12(10)19/h8H,2-7H2,1H3,(H,15,18)(H,16,19). The van der Waals surface area contributed by atoms with E-state index in [1.807, 2.05) is 6.07 Å². The molecule has 0 aliphatic heterocycles. The number of hydrogen-bond acceptors (Lipinski definition) is 6. The molecule has 0 bridgehead atoms. The number of aromatic amines is 1. The summed E-state index contributed by atoms with van der Waals surface area (Å²) in [5.74, 6) is 0. The Balaban J connectivity index is 1.85. The van der Waals surface area contributed by atoms with Crippen LogP contribution < -0.4 is 10.9 Å². The number of methoxy groups -OCH3 is 1. The maximum Gasteiger partial charge on any atom is 0.258 e. The highest BCUT2D eigenvalue weighted by Gasteiger charge is 2.16. The highest BCUT2D eigenvalue weighted by atomic mass is 32.1. The van der Waals surface area contributed by atoms with E-state index in [4.69, 9.17) is 4.74 Å². The van der Waals surface area contributed by atoms with Gasteiger partial charge in [0.05, 0.1) is 12.2 Å². The second-order valence-electron chi connectivity index (χ2n) is 5.05. The van der Waals surface area contributed by atoms with Crippen LogP contribution in [0.5, 0.6) is 0 Å². The lowest BCUT2D eigenvalue weighted by molar-refractivity contribution is 0.211. The molecule has 0 amide bonds. The Morgan fingerprint density at radius 1 is 1.38 bits per heavy atom. The van der Waals surface area contributed by atoms with Crippen molar-refractivity contribution in [2.45, 2.75) is 25.7 Å². The molecule has 0 spiro atoms. The van der Waals surface area contributed by atoms with Gasteiger partial charge in [-0.2, -0.15) is 0 Å². The Bertz CT molecular complexity index is 680. The van der Waals surface area contributed by atoms with E-state index in [1.165, 1.54) is 23.3 Å². The molecule has 0 aromatic carbocycles. The summed E-state index contributed by atoms with van der Waals surface area (Å²) in [6.45, 7) is 1.28. The van der Waals surface area contributed by atoms with Crippen molar-refractivity contribution in [1.29, 1.82) is 0 Å². The molecule has 21 heavy (non-hydrogen) atoms. The molecule has 6 nitrogen and oxygen atoms in total. The third kappa shape index (κ3) is 3.14. The van der Waals surface area contributed by atoms with Crippen LogP contribution >= 0.6 is 11.3 Å². The second-order valence-corrected chi connectivity index (χ2v) is 6.03. The maximum atomic E-state index is 12.2. The van der Waals surface area contributed by atoms with Crippen LogP contribution in [0.25, 0.3) is 10.6 Å². The van der Waals surface area contributed by atoms with E-state index in [9.17, 15) is 4.79 Å². The summed E-state index contributed by atoms with van der Waals surface area (Å²) >= 11 is 1.39.